The largest absolute Gasteiger partial charge is 0.482 e. The molecule has 7 nitrogen and oxygen atoms in total. The van der Waals surface area contributed by atoms with Crippen LogP contribution in [0.2, 0.25) is 10.0 Å². The first-order valence-corrected chi connectivity index (χ1v) is 9.68. The molecule has 0 fully saturated rings. The molecule has 0 atom stereocenters. The maximum absolute atomic E-state index is 11.8. The van der Waals surface area contributed by atoms with Crippen LogP contribution in [0.25, 0.3) is 6.08 Å². The molecule has 1 heterocycles. The molecule has 0 bridgehead atoms. The first-order valence-electron chi connectivity index (χ1n) is 8.93. The van der Waals surface area contributed by atoms with Crippen molar-refractivity contribution in [2.24, 2.45) is 5.10 Å². The Hall–Kier alpha value is -3.55. The Morgan fingerprint density at radius 1 is 1.10 bits per heavy atom. The van der Waals surface area contributed by atoms with Gasteiger partial charge in [-0.15, -0.1) is 0 Å². The van der Waals surface area contributed by atoms with Gasteiger partial charge in [0.15, 0.2) is 6.61 Å². The van der Waals surface area contributed by atoms with E-state index in [-0.39, 0.29) is 6.61 Å². The van der Waals surface area contributed by atoms with E-state index in [1.807, 2.05) is 0 Å². The summed E-state index contributed by atoms with van der Waals surface area (Å²) >= 11 is 11.8. The molecule has 1 amide bonds. The summed E-state index contributed by atoms with van der Waals surface area (Å²) < 4.78 is 15.6. The number of esters is 1. The van der Waals surface area contributed by atoms with E-state index in [2.05, 4.69) is 10.5 Å². The van der Waals surface area contributed by atoms with Crippen molar-refractivity contribution in [1.29, 1.82) is 0 Å². The summed E-state index contributed by atoms with van der Waals surface area (Å²) in [5.74, 6) is 0.257. The quantitative estimate of drug-likeness (QED) is 0.173. The second kappa shape index (κ2) is 11.0. The number of nitrogens with zero attached hydrogens (tertiary/aromatic N) is 1. The van der Waals surface area contributed by atoms with Crippen LogP contribution in [0.1, 0.15) is 11.3 Å². The predicted molar refractivity (Wildman–Crippen MR) is 118 cm³/mol. The molecule has 9 heteroatoms. The highest BCUT2D eigenvalue weighted by Crippen LogP contribution is 2.27. The van der Waals surface area contributed by atoms with Crippen LogP contribution in [0.15, 0.2) is 76.5 Å². The molecule has 31 heavy (non-hydrogen) atoms. The number of rotatable bonds is 8. The van der Waals surface area contributed by atoms with Gasteiger partial charge in [-0.3, -0.25) is 4.79 Å². The van der Waals surface area contributed by atoms with Gasteiger partial charge in [-0.1, -0.05) is 23.2 Å². The second-order valence-electron chi connectivity index (χ2n) is 6.00. The number of furan rings is 1. The molecular weight excluding hydrogens is 443 g/mol. The van der Waals surface area contributed by atoms with Crippen LogP contribution in [-0.4, -0.2) is 24.7 Å². The van der Waals surface area contributed by atoms with Gasteiger partial charge in [0.25, 0.3) is 5.91 Å². The third-order valence-electron chi connectivity index (χ3n) is 3.68. The zero-order valence-electron chi connectivity index (χ0n) is 16.0. The molecule has 3 aromatic rings. The molecule has 0 aliphatic rings. The van der Waals surface area contributed by atoms with Gasteiger partial charge in [0.2, 0.25) is 0 Å². The van der Waals surface area contributed by atoms with E-state index in [4.69, 9.17) is 37.1 Å². The van der Waals surface area contributed by atoms with Crippen molar-refractivity contribution in [3.63, 3.8) is 0 Å². The summed E-state index contributed by atoms with van der Waals surface area (Å²) in [5, 5.41) is 4.63. The number of hydrogen-bond acceptors (Lipinski definition) is 6. The minimum Gasteiger partial charge on any atom is -0.482 e. The van der Waals surface area contributed by atoms with E-state index in [0.29, 0.717) is 32.9 Å². The van der Waals surface area contributed by atoms with Crippen molar-refractivity contribution >= 4 is 47.4 Å². The van der Waals surface area contributed by atoms with E-state index >= 15 is 0 Å². The number of amides is 1. The topological polar surface area (TPSA) is 90.1 Å². The van der Waals surface area contributed by atoms with E-state index in [1.54, 1.807) is 48.5 Å². The third kappa shape index (κ3) is 7.33. The summed E-state index contributed by atoms with van der Waals surface area (Å²) in [7, 11) is 0. The van der Waals surface area contributed by atoms with Gasteiger partial charge in [-0.25, -0.2) is 10.2 Å². The first kappa shape index (κ1) is 22.1. The molecule has 0 aliphatic carbocycles. The van der Waals surface area contributed by atoms with Gasteiger partial charge in [0.1, 0.15) is 17.3 Å². The maximum Gasteiger partial charge on any atom is 0.336 e. The monoisotopic (exact) mass is 458 g/mol. The summed E-state index contributed by atoms with van der Waals surface area (Å²) in [4.78, 5) is 23.6. The molecule has 0 unspecified atom stereocenters. The smallest absolute Gasteiger partial charge is 0.336 e. The average Bonchev–Trinajstić information content (AvgIpc) is 3.27. The van der Waals surface area contributed by atoms with Crippen molar-refractivity contribution in [3.8, 4) is 11.5 Å². The van der Waals surface area contributed by atoms with E-state index < -0.39 is 11.9 Å². The Kier molecular flexibility index (Phi) is 7.86. The zero-order chi connectivity index (χ0) is 22.1. The summed E-state index contributed by atoms with van der Waals surface area (Å²) in [6.45, 7) is -0.265. The van der Waals surface area contributed by atoms with Crippen molar-refractivity contribution < 1.29 is 23.5 Å². The molecule has 0 saturated carbocycles. The summed E-state index contributed by atoms with van der Waals surface area (Å²) in [5.41, 5.74) is 3.03. The lowest BCUT2D eigenvalue weighted by atomic mass is 10.2. The van der Waals surface area contributed by atoms with Crippen LogP contribution in [0.5, 0.6) is 11.5 Å². The Labute approximate surface area is 187 Å². The van der Waals surface area contributed by atoms with Gasteiger partial charge >= 0.3 is 5.97 Å². The highest BCUT2D eigenvalue weighted by atomic mass is 35.5. The van der Waals surface area contributed by atoms with Gasteiger partial charge in [0, 0.05) is 11.1 Å². The molecule has 0 aliphatic heterocycles. The van der Waals surface area contributed by atoms with Gasteiger partial charge in [0.05, 0.1) is 17.5 Å². The minimum atomic E-state index is -0.536. The molecule has 0 spiro atoms. The van der Waals surface area contributed by atoms with Crippen LogP contribution >= 0.6 is 23.2 Å². The van der Waals surface area contributed by atoms with Gasteiger partial charge in [-0.2, -0.15) is 5.10 Å². The average molecular weight is 459 g/mol. The Balaban J connectivity index is 1.43. The maximum atomic E-state index is 11.8. The molecule has 158 valence electrons. The van der Waals surface area contributed by atoms with Crippen LogP contribution in [0, 0.1) is 0 Å². The van der Waals surface area contributed by atoms with E-state index in [0.717, 1.165) is 0 Å². The van der Waals surface area contributed by atoms with Crippen LogP contribution in [0.3, 0.4) is 0 Å². The molecule has 1 aromatic heterocycles. The minimum absolute atomic E-state index is 0.265. The Morgan fingerprint density at radius 2 is 1.90 bits per heavy atom. The third-order valence-corrected chi connectivity index (χ3v) is 4.21. The lowest BCUT2D eigenvalue weighted by Gasteiger charge is -2.07. The van der Waals surface area contributed by atoms with E-state index in [1.165, 1.54) is 30.7 Å². The molecule has 1 N–H and O–H groups in total. The number of carbonyl (C=O) groups excluding carboxylic acids is 2. The van der Waals surface area contributed by atoms with Crippen molar-refractivity contribution in [3.05, 3.63) is 88.3 Å². The number of benzene rings is 2. The Morgan fingerprint density at radius 3 is 2.61 bits per heavy atom. The summed E-state index contributed by atoms with van der Waals surface area (Å²) in [6, 6.07) is 14.7. The summed E-state index contributed by atoms with van der Waals surface area (Å²) in [6.07, 6.45) is 5.73. The normalized spacial score (nSPS) is 11.0. The Bertz CT molecular complexity index is 1090. The van der Waals surface area contributed by atoms with Crippen LogP contribution in [-0.2, 0) is 9.59 Å². The first-order chi connectivity index (χ1) is 15.0. The predicted octanol–water partition coefficient (Wildman–Crippen LogP) is 4.73. The fraction of sp³-hybridized carbons (Fsp3) is 0.0455. The SMILES string of the molecule is O=C(COc1ccc(Cl)cc1Cl)NN=Cc1ccc(OC(=O)/C=C/c2ccco2)cc1. The van der Waals surface area contributed by atoms with Crippen molar-refractivity contribution in [2.45, 2.75) is 0 Å². The van der Waals surface area contributed by atoms with Crippen LogP contribution < -0.4 is 14.9 Å². The fourth-order valence-corrected chi connectivity index (χ4v) is 2.72. The highest BCUT2D eigenvalue weighted by molar-refractivity contribution is 6.35. The number of carbonyl (C=O) groups is 2. The number of hydrogen-bond donors (Lipinski definition) is 1. The zero-order valence-corrected chi connectivity index (χ0v) is 17.5. The van der Waals surface area contributed by atoms with Crippen molar-refractivity contribution in [1.82, 2.24) is 5.43 Å². The molecule has 2 aromatic carbocycles. The second-order valence-corrected chi connectivity index (χ2v) is 6.84. The number of nitrogens with one attached hydrogen (secondary N) is 1. The molecule has 3 rings (SSSR count). The van der Waals surface area contributed by atoms with Gasteiger partial charge < -0.3 is 13.9 Å². The lowest BCUT2D eigenvalue weighted by molar-refractivity contribution is -0.129. The molecule has 0 saturated heterocycles. The van der Waals surface area contributed by atoms with Gasteiger partial charge in [-0.05, 0) is 66.2 Å². The number of ether oxygens (including phenoxy) is 2. The van der Waals surface area contributed by atoms with Crippen molar-refractivity contribution in [2.75, 3.05) is 6.61 Å². The van der Waals surface area contributed by atoms with Crippen LogP contribution in [0.4, 0.5) is 0 Å². The molecular formula is C22H16Cl2N2O5. The molecule has 0 radical (unpaired) electrons. The van der Waals surface area contributed by atoms with E-state index in [9.17, 15) is 9.59 Å². The number of hydrazone groups is 1. The number of halogens is 2. The highest BCUT2D eigenvalue weighted by Gasteiger charge is 2.06. The fourth-order valence-electron chi connectivity index (χ4n) is 2.26. The standard InChI is InChI=1S/C22H16Cl2N2O5/c23-16-5-9-20(19(24)12-16)30-14-21(27)26-25-13-15-3-6-18(7-4-15)31-22(28)10-8-17-2-1-11-29-17/h1-13H,14H2,(H,26,27)/b10-8+,25-13?. The lowest BCUT2D eigenvalue weighted by Crippen LogP contribution is -2.24.